The van der Waals surface area contributed by atoms with Gasteiger partial charge in [-0.15, -0.1) is 11.3 Å². The number of carbonyl (C=O) groups excluding carboxylic acids is 3. The van der Waals surface area contributed by atoms with Gasteiger partial charge in [0, 0.05) is 30.1 Å². The van der Waals surface area contributed by atoms with Crippen LogP contribution in [0.1, 0.15) is 48.0 Å². The summed E-state index contributed by atoms with van der Waals surface area (Å²) in [6.07, 6.45) is 1.79. The van der Waals surface area contributed by atoms with E-state index < -0.39 is 11.6 Å². The number of nitrogens with one attached hydrogen (secondary N) is 1. The van der Waals surface area contributed by atoms with E-state index in [2.05, 4.69) is 5.32 Å². The largest absolute Gasteiger partial charge is 0.456 e. The number of hydrogen-bond acceptors (Lipinski definition) is 8. The van der Waals surface area contributed by atoms with Gasteiger partial charge in [-0.1, -0.05) is 30.0 Å². The number of benzene rings is 2. The third kappa shape index (κ3) is 7.42. The molecule has 0 bridgehead atoms. The molecule has 40 heavy (non-hydrogen) atoms. The molecule has 0 aliphatic carbocycles. The van der Waals surface area contributed by atoms with Crippen LogP contribution < -0.4 is 11.1 Å². The van der Waals surface area contributed by atoms with E-state index in [1.807, 2.05) is 11.4 Å². The summed E-state index contributed by atoms with van der Waals surface area (Å²) in [5.74, 6) is -1.35. The molecule has 11 heteroatoms. The first-order valence-electron chi connectivity index (χ1n) is 12.4. The minimum absolute atomic E-state index is 0.0398. The molecule has 0 radical (unpaired) electrons. The summed E-state index contributed by atoms with van der Waals surface area (Å²) in [6.45, 7) is 5.78. The number of ether oxygens (including phenoxy) is 1. The highest BCUT2D eigenvalue weighted by atomic mass is 32.2. The van der Waals surface area contributed by atoms with Crippen molar-refractivity contribution >= 4 is 69.2 Å². The minimum atomic E-state index is -0.602. The fourth-order valence-electron chi connectivity index (χ4n) is 3.85. The Labute approximate surface area is 245 Å². The van der Waals surface area contributed by atoms with Crippen LogP contribution in [0, 0.1) is 5.82 Å². The van der Waals surface area contributed by atoms with Gasteiger partial charge in [-0.25, -0.2) is 9.18 Å². The van der Waals surface area contributed by atoms with Crippen LogP contribution in [0.2, 0.25) is 0 Å². The van der Waals surface area contributed by atoms with Crippen LogP contribution in [0.25, 0.3) is 17.2 Å². The highest BCUT2D eigenvalue weighted by molar-refractivity contribution is 8.26. The van der Waals surface area contributed by atoms with Crippen LogP contribution in [-0.4, -0.2) is 39.1 Å². The topological polar surface area (TPSA) is 102 Å². The molecule has 208 valence electrons. The maximum atomic E-state index is 13.8. The lowest BCUT2D eigenvalue weighted by atomic mass is 10.0. The fraction of sp³-hybridized carbons (Fsp3) is 0.241. The van der Waals surface area contributed by atoms with Crippen molar-refractivity contribution in [2.75, 3.05) is 11.9 Å². The van der Waals surface area contributed by atoms with Crippen molar-refractivity contribution < 1.29 is 23.5 Å². The second-order valence-electron chi connectivity index (χ2n) is 9.95. The van der Waals surface area contributed by atoms with Crippen molar-refractivity contribution in [2.24, 2.45) is 5.73 Å². The third-order valence-electron chi connectivity index (χ3n) is 5.74. The molecule has 2 heterocycles. The summed E-state index contributed by atoms with van der Waals surface area (Å²) in [6, 6.07) is 12.8. The SMILES string of the molecule is CC(C)(C)OC(=O)c1ccc(NC(=O)CCN2C(=O)/C(=C/c3cc(-c4cc(F)ccc4CN)cs3)SC2=S)cc1. The Kier molecular flexibility index (Phi) is 9.19. The number of rotatable bonds is 8. The van der Waals surface area contributed by atoms with Crippen molar-refractivity contribution in [3.8, 4) is 11.1 Å². The lowest BCUT2D eigenvalue weighted by molar-refractivity contribution is -0.122. The Morgan fingerprint density at radius 3 is 2.55 bits per heavy atom. The first kappa shape index (κ1) is 29.6. The molecule has 0 saturated carbocycles. The maximum Gasteiger partial charge on any atom is 0.338 e. The number of thiophene rings is 1. The Morgan fingerprint density at radius 2 is 1.88 bits per heavy atom. The fourth-order valence-corrected chi connectivity index (χ4v) is 6.06. The number of halogens is 1. The van der Waals surface area contributed by atoms with Gasteiger partial charge in [-0.2, -0.15) is 0 Å². The second kappa shape index (κ2) is 12.4. The lowest BCUT2D eigenvalue weighted by Gasteiger charge is -2.19. The summed E-state index contributed by atoms with van der Waals surface area (Å²) in [5.41, 5.74) is 8.48. The van der Waals surface area contributed by atoms with Crippen LogP contribution >= 0.6 is 35.3 Å². The Hall–Kier alpha value is -3.38. The highest BCUT2D eigenvalue weighted by Gasteiger charge is 2.32. The van der Waals surface area contributed by atoms with E-state index in [4.69, 9.17) is 22.7 Å². The van der Waals surface area contributed by atoms with Crippen molar-refractivity contribution in [1.29, 1.82) is 0 Å². The predicted octanol–water partition coefficient (Wildman–Crippen LogP) is 6.20. The first-order chi connectivity index (χ1) is 18.9. The number of nitrogens with zero attached hydrogens (tertiary/aromatic N) is 1. The first-order valence-corrected chi connectivity index (χ1v) is 14.5. The zero-order valence-corrected chi connectivity index (χ0v) is 24.6. The predicted molar refractivity (Wildman–Crippen MR) is 162 cm³/mol. The average Bonchev–Trinajstić information content (AvgIpc) is 3.46. The van der Waals surface area contributed by atoms with Gasteiger partial charge in [0.25, 0.3) is 5.91 Å². The molecule has 0 spiro atoms. The molecular weight excluding hydrogens is 570 g/mol. The zero-order chi connectivity index (χ0) is 29.0. The summed E-state index contributed by atoms with van der Waals surface area (Å²) in [7, 11) is 0. The van der Waals surface area contributed by atoms with Crippen LogP contribution in [0.5, 0.6) is 0 Å². The monoisotopic (exact) mass is 597 g/mol. The summed E-state index contributed by atoms with van der Waals surface area (Å²) in [4.78, 5) is 40.4. The average molecular weight is 598 g/mol. The van der Waals surface area contributed by atoms with Crippen molar-refractivity contribution in [2.45, 2.75) is 39.3 Å². The molecule has 0 atom stereocenters. The molecule has 3 aromatic rings. The molecule has 3 N–H and O–H groups in total. The number of thioether (sulfide) groups is 1. The van der Waals surface area contributed by atoms with Crippen molar-refractivity contribution in [3.63, 3.8) is 0 Å². The molecule has 1 saturated heterocycles. The van der Waals surface area contributed by atoms with E-state index in [9.17, 15) is 18.8 Å². The van der Waals surface area contributed by atoms with Crippen LogP contribution in [-0.2, 0) is 20.9 Å². The van der Waals surface area contributed by atoms with Crippen molar-refractivity contribution in [1.82, 2.24) is 4.90 Å². The van der Waals surface area contributed by atoms with E-state index in [-0.39, 0.29) is 37.1 Å². The van der Waals surface area contributed by atoms with Gasteiger partial charge in [0.1, 0.15) is 15.7 Å². The van der Waals surface area contributed by atoms with Crippen LogP contribution in [0.4, 0.5) is 10.1 Å². The Bertz CT molecular complexity index is 1490. The zero-order valence-electron chi connectivity index (χ0n) is 22.2. The molecule has 1 aliphatic rings. The van der Waals surface area contributed by atoms with Crippen LogP contribution in [0.3, 0.4) is 0 Å². The van der Waals surface area contributed by atoms with Gasteiger partial charge >= 0.3 is 5.97 Å². The minimum Gasteiger partial charge on any atom is -0.456 e. The quantitative estimate of drug-likeness (QED) is 0.181. The molecule has 0 unspecified atom stereocenters. The number of esters is 1. The van der Waals surface area contributed by atoms with Gasteiger partial charge in [-0.3, -0.25) is 14.5 Å². The lowest BCUT2D eigenvalue weighted by Crippen LogP contribution is -2.31. The Morgan fingerprint density at radius 1 is 1.15 bits per heavy atom. The molecule has 1 aliphatic heterocycles. The standard InChI is InChI=1S/C29H28FN3O4S3/c1-29(2,3)37-27(36)17-5-8-21(9-6-17)32-25(34)10-11-33-26(35)24(40-28(33)38)14-22-12-19(16-39-22)23-13-20(30)7-4-18(23)15-31/h4-9,12-14,16H,10-11,15,31H2,1-3H3,(H,32,34)/b24-14-. The van der Waals surface area contributed by atoms with Gasteiger partial charge in [0.05, 0.1) is 10.5 Å². The summed E-state index contributed by atoms with van der Waals surface area (Å²) >= 11 is 8.00. The molecule has 2 amide bonds. The number of anilines is 1. The molecular formula is C29H28FN3O4S3. The maximum absolute atomic E-state index is 13.8. The normalized spacial score (nSPS) is 14.6. The van der Waals surface area contributed by atoms with E-state index in [1.165, 1.54) is 40.1 Å². The molecule has 2 aromatic carbocycles. The van der Waals surface area contributed by atoms with Gasteiger partial charge in [-0.05, 0) is 91.4 Å². The van der Waals surface area contributed by atoms with Crippen LogP contribution in [0.15, 0.2) is 58.8 Å². The van der Waals surface area contributed by atoms with Gasteiger partial charge < -0.3 is 15.8 Å². The molecule has 1 fully saturated rings. The smallest absolute Gasteiger partial charge is 0.338 e. The molecule has 4 rings (SSSR count). The van der Waals surface area contributed by atoms with E-state index >= 15 is 0 Å². The number of carbonyl (C=O) groups is 3. The summed E-state index contributed by atoms with van der Waals surface area (Å²) < 4.78 is 19.5. The number of thiocarbonyl (C=S) groups is 1. The van der Waals surface area contributed by atoms with E-state index in [0.717, 1.165) is 21.6 Å². The summed E-state index contributed by atoms with van der Waals surface area (Å²) in [5, 5.41) is 4.66. The van der Waals surface area contributed by atoms with Crippen molar-refractivity contribution in [3.05, 3.63) is 80.6 Å². The Balaban J connectivity index is 1.35. The molecule has 7 nitrogen and oxygen atoms in total. The number of hydrogen-bond donors (Lipinski definition) is 2. The number of amides is 2. The van der Waals surface area contributed by atoms with Gasteiger partial charge in [0.15, 0.2) is 0 Å². The van der Waals surface area contributed by atoms with E-state index in [1.54, 1.807) is 57.2 Å². The number of nitrogens with two attached hydrogens (primary N) is 1. The van der Waals surface area contributed by atoms with Gasteiger partial charge in [0.2, 0.25) is 5.91 Å². The highest BCUT2D eigenvalue weighted by Crippen LogP contribution is 2.36. The van der Waals surface area contributed by atoms with E-state index in [0.29, 0.717) is 20.5 Å². The second-order valence-corrected chi connectivity index (χ2v) is 12.6. The third-order valence-corrected chi connectivity index (χ3v) is 7.99. The molecule has 1 aromatic heterocycles.